The maximum Gasteiger partial charge on any atom is 0.312 e. The summed E-state index contributed by atoms with van der Waals surface area (Å²) in [5, 5.41) is 8.02. The molecule has 2 atom stereocenters. The second kappa shape index (κ2) is 2.95. The first-order valence-electron chi connectivity index (χ1n) is 4.05. The molecule has 1 aliphatic rings. The monoisotopic (exact) mass is 207 g/mol. The third-order valence-electron chi connectivity index (χ3n) is 2.63. The van der Waals surface area contributed by atoms with Gasteiger partial charge >= 0.3 is 5.97 Å². The molecule has 0 bridgehead atoms. The molecule has 1 aliphatic carbocycles. The lowest BCUT2D eigenvalue weighted by Gasteiger charge is -2.08. The van der Waals surface area contributed by atoms with Gasteiger partial charge in [-0.1, -0.05) is 6.92 Å². The standard InChI is InChI=1S/C7H13NO4S/c1-2-13(11,12)5-3-7(5,4-8)6(9)10/h5H,2-4,8H2,1H3,(H,9,10)/t5-,7+/m0/s1. The highest BCUT2D eigenvalue weighted by molar-refractivity contribution is 7.92. The van der Waals surface area contributed by atoms with Gasteiger partial charge in [-0.05, 0) is 6.42 Å². The van der Waals surface area contributed by atoms with Crippen LogP contribution in [0.25, 0.3) is 0 Å². The molecule has 0 spiro atoms. The van der Waals surface area contributed by atoms with Gasteiger partial charge in [0.1, 0.15) is 0 Å². The third kappa shape index (κ3) is 1.44. The van der Waals surface area contributed by atoms with Crippen LogP contribution in [0.4, 0.5) is 0 Å². The lowest BCUT2D eigenvalue weighted by atomic mass is 10.1. The highest BCUT2D eigenvalue weighted by Gasteiger charge is 2.65. The van der Waals surface area contributed by atoms with Crippen molar-refractivity contribution in [3.63, 3.8) is 0 Å². The summed E-state index contributed by atoms with van der Waals surface area (Å²) in [4.78, 5) is 10.7. The van der Waals surface area contributed by atoms with Gasteiger partial charge in [0.15, 0.2) is 9.84 Å². The molecular formula is C7H13NO4S. The van der Waals surface area contributed by atoms with Crippen molar-refractivity contribution in [2.75, 3.05) is 12.3 Å². The van der Waals surface area contributed by atoms with Crippen LogP contribution in [0.2, 0.25) is 0 Å². The first kappa shape index (κ1) is 10.5. The Morgan fingerprint density at radius 2 is 2.23 bits per heavy atom. The summed E-state index contributed by atoms with van der Waals surface area (Å²) in [7, 11) is -3.25. The normalized spacial score (nSPS) is 32.9. The lowest BCUT2D eigenvalue weighted by Crippen LogP contribution is -2.31. The predicted octanol–water partition coefficient (Wildman–Crippen LogP) is -0.777. The van der Waals surface area contributed by atoms with Gasteiger partial charge in [0.05, 0.1) is 10.7 Å². The molecule has 0 radical (unpaired) electrons. The second-order valence-electron chi connectivity index (χ2n) is 3.31. The van der Waals surface area contributed by atoms with Gasteiger partial charge in [0.25, 0.3) is 0 Å². The summed E-state index contributed by atoms with van der Waals surface area (Å²) in [6, 6.07) is 0. The predicted molar refractivity (Wildman–Crippen MR) is 47.0 cm³/mol. The Hall–Kier alpha value is -0.620. The molecule has 0 aromatic heterocycles. The molecule has 0 unspecified atom stereocenters. The Morgan fingerprint density at radius 1 is 1.69 bits per heavy atom. The van der Waals surface area contributed by atoms with Crippen LogP contribution in [0.1, 0.15) is 13.3 Å². The lowest BCUT2D eigenvalue weighted by molar-refractivity contribution is -0.142. The van der Waals surface area contributed by atoms with Crippen molar-refractivity contribution in [1.82, 2.24) is 0 Å². The Labute approximate surface area is 76.8 Å². The first-order chi connectivity index (χ1) is 5.90. The molecule has 13 heavy (non-hydrogen) atoms. The van der Waals surface area contributed by atoms with Crippen LogP contribution in [-0.2, 0) is 14.6 Å². The molecule has 1 saturated carbocycles. The van der Waals surface area contributed by atoms with Crippen molar-refractivity contribution in [3.05, 3.63) is 0 Å². The molecule has 0 amide bonds. The van der Waals surface area contributed by atoms with E-state index in [0.29, 0.717) is 0 Å². The SMILES string of the molecule is CCS(=O)(=O)[C@H]1C[C@]1(CN)C(=O)O. The van der Waals surface area contributed by atoms with Gasteiger partial charge in [0, 0.05) is 12.3 Å². The number of rotatable bonds is 4. The zero-order chi connectivity index (χ0) is 10.3. The van der Waals surface area contributed by atoms with Crippen LogP contribution >= 0.6 is 0 Å². The molecule has 6 heteroatoms. The van der Waals surface area contributed by atoms with Crippen LogP contribution in [0.15, 0.2) is 0 Å². The fourth-order valence-electron chi connectivity index (χ4n) is 1.47. The van der Waals surface area contributed by atoms with Crippen LogP contribution in [0.3, 0.4) is 0 Å². The third-order valence-corrected chi connectivity index (χ3v) is 4.92. The average Bonchev–Trinajstić information content (AvgIpc) is 2.80. The summed E-state index contributed by atoms with van der Waals surface area (Å²) in [6.07, 6.45) is 0.162. The Kier molecular flexibility index (Phi) is 2.38. The average molecular weight is 207 g/mol. The molecule has 5 nitrogen and oxygen atoms in total. The van der Waals surface area contributed by atoms with E-state index in [1.807, 2.05) is 0 Å². The van der Waals surface area contributed by atoms with E-state index in [9.17, 15) is 13.2 Å². The van der Waals surface area contributed by atoms with E-state index in [1.54, 1.807) is 0 Å². The summed E-state index contributed by atoms with van der Waals surface area (Å²) >= 11 is 0. The largest absolute Gasteiger partial charge is 0.481 e. The molecule has 1 rings (SSSR count). The maximum atomic E-state index is 11.3. The number of nitrogens with two attached hydrogens (primary N) is 1. The Balaban J connectivity index is 2.89. The molecule has 0 aromatic rings. The van der Waals surface area contributed by atoms with Gasteiger partial charge in [-0.25, -0.2) is 8.42 Å². The molecule has 0 aliphatic heterocycles. The number of hydrogen-bond acceptors (Lipinski definition) is 4. The number of carbonyl (C=O) groups is 1. The molecule has 0 heterocycles. The maximum absolute atomic E-state index is 11.3. The minimum atomic E-state index is -3.25. The highest BCUT2D eigenvalue weighted by atomic mass is 32.2. The quantitative estimate of drug-likeness (QED) is 0.630. The molecule has 0 aromatic carbocycles. The summed E-state index contributed by atoms with van der Waals surface area (Å²) in [5.41, 5.74) is 4.07. The van der Waals surface area contributed by atoms with Crippen LogP contribution in [0, 0.1) is 5.41 Å². The highest BCUT2D eigenvalue weighted by Crippen LogP contribution is 2.50. The topological polar surface area (TPSA) is 97.5 Å². The van der Waals surface area contributed by atoms with Crippen molar-refractivity contribution in [3.8, 4) is 0 Å². The van der Waals surface area contributed by atoms with Gasteiger partial charge in [-0.2, -0.15) is 0 Å². The number of carboxylic acid groups (broad SMARTS) is 1. The molecule has 3 N–H and O–H groups in total. The van der Waals surface area contributed by atoms with Gasteiger partial charge in [-0.15, -0.1) is 0 Å². The fraction of sp³-hybridized carbons (Fsp3) is 0.857. The number of aliphatic carboxylic acids is 1. The van der Waals surface area contributed by atoms with Gasteiger partial charge in [0.2, 0.25) is 0 Å². The van der Waals surface area contributed by atoms with Crippen molar-refractivity contribution < 1.29 is 18.3 Å². The molecule has 76 valence electrons. The minimum Gasteiger partial charge on any atom is -0.481 e. The Bertz CT molecular complexity index is 323. The van der Waals surface area contributed by atoms with E-state index in [4.69, 9.17) is 10.8 Å². The van der Waals surface area contributed by atoms with Crippen molar-refractivity contribution in [1.29, 1.82) is 0 Å². The summed E-state index contributed by atoms with van der Waals surface area (Å²) in [5.74, 6) is -1.12. The van der Waals surface area contributed by atoms with Crippen molar-refractivity contribution in [2.45, 2.75) is 18.6 Å². The molecule has 0 saturated heterocycles. The number of hydrogen-bond donors (Lipinski definition) is 2. The van der Waals surface area contributed by atoms with E-state index in [-0.39, 0.29) is 18.7 Å². The first-order valence-corrected chi connectivity index (χ1v) is 5.77. The Morgan fingerprint density at radius 3 is 2.46 bits per heavy atom. The van der Waals surface area contributed by atoms with Crippen molar-refractivity contribution >= 4 is 15.8 Å². The van der Waals surface area contributed by atoms with E-state index >= 15 is 0 Å². The molecule has 1 fully saturated rings. The number of carboxylic acids is 1. The minimum absolute atomic E-state index is 0.0211. The second-order valence-corrected chi connectivity index (χ2v) is 5.78. The van der Waals surface area contributed by atoms with Crippen LogP contribution in [-0.4, -0.2) is 37.0 Å². The molecular weight excluding hydrogens is 194 g/mol. The van der Waals surface area contributed by atoms with E-state index < -0.39 is 26.5 Å². The van der Waals surface area contributed by atoms with Crippen LogP contribution < -0.4 is 5.73 Å². The van der Waals surface area contributed by atoms with Gasteiger partial charge < -0.3 is 10.8 Å². The summed E-state index contributed by atoms with van der Waals surface area (Å²) in [6.45, 7) is 1.41. The summed E-state index contributed by atoms with van der Waals surface area (Å²) < 4.78 is 22.6. The van der Waals surface area contributed by atoms with E-state index in [0.717, 1.165) is 0 Å². The zero-order valence-corrected chi connectivity index (χ0v) is 8.17. The zero-order valence-electron chi connectivity index (χ0n) is 7.36. The number of sulfone groups is 1. The smallest absolute Gasteiger partial charge is 0.312 e. The van der Waals surface area contributed by atoms with Gasteiger partial charge in [-0.3, -0.25) is 4.79 Å². The van der Waals surface area contributed by atoms with E-state index in [2.05, 4.69) is 0 Å². The van der Waals surface area contributed by atoms with E-state index in [1.165, 1.54) is 6.92 Å². The van der Waals surface area contributed by atoms with Crippen LogP contribution in [0.5, 0.6) is 0 Å². The van der Waals surface area contributed by atoms with Crippen molar-refractivity contribution in [2.24, 2.45) is 11.1 Å². The fourth-order valence-corrected chi connectivity index (χ4v) is 3.31.